The van der Waals surface area contributed by atoms with E-state index >= 15 is 0 Å². The van der Waals surface area contributed by atoms with Crippen LogP contribution in [0.3, 0.4) is 0 Å². The third kappa shape index (κ3) is 4.13. The summed E-state index contributed by atoms with van der Waals surface area (Å²) >= 11 is 1.65. The van der Waals surface area contributed by atoms with E-state index < -0.39 is 0 Å². The molecule has 3 aromatic heterocycles. The molecule has 1 amide bonds. The molecule has 0 aliphatic carbocycles. The van der Waals surface area contributed by atoms with Crippen molar-refractivity contribution < 1.29 is 9.21 Å². The van der Waals surface area contributed by atoms with Gasteiger partial charge in [-0.05, 0) is 49.9 Å². The van der Waals surface area contributed by atoms with Crippen molar-refractivity contribution in [3.8, 4) is 6.07 Å². The summed E-state index contributed by atoms with van der Waals surface area (Å²) in [6.45, 7) is 6.55. The average Bonchev–Trinajstić information content (AvgIpc) is 3.40. The molecule has 0 aliphatic rings. The molecule has 0 aliphatic heterocycles. The molecule has 27 heavy (non-hydrogen) atoms. The largest absolute Gasteiger partial charge is 0.468 e. The summed E-state index contributed by atoms with van der Waals surface area (Å²) in [4.78, 5) is 13.7. The monoisotopic (exact) mass is 382 g/mol. The van der Waals surface area contributed by atoms with Gasteiger partial charge in [0.25, 0.3) is 0 Å². The Kier molecular flexibility index (Phi) is 5.79. The lowest BCUT2D eigenvalue weighted by molar-refractivity contribution is -0.115. The van der Waals surface area contributed by atoms with E-state index in [1.807, 2.05) is 55.0 Å². The van der Waals surface area contributed by atoms with E-state index in [2.05, 4.69) is 16.7 Å². The van der Waals surface area contributed by atoms with Crippen molar-refractivity contribution in [2.45, 2.75) is 33.4 Å². The van der Waals surface area contributed by atoms with Crippen molar-refractivity contribution in [1.82, 2.24) is 9.88 Å². The highest BCUT2D eigenvalue weighted by atomic mass is 32.1. The molecule has 0 saturated heterocycles. The number of nitrogens with one attached hydrogen (secondary N) is 2. The quantitative estimate of drug-likeness (QED) is 0.648. The highest BCUT2D eigenvalue weighted by Gasteiger charge is 2.20. The van der Waals surface area contributed by atoms with Crippen LogP contribution in [-0.2, 0) is 11.3 Å². The highest BCUT2D eigenvalue weighted by molar-refractivity contribution is 7.09. The van der Waals surface area contributed by atoms with Crippen molar-refractivity contribution >= 4 is 23.1 Å². The average molecular weight is 382 g/mol. The Labute approximate surface area is 162 Å². The Morgan fingerprint density at radius 3 is 2.81 bits per heavy atom. The molecule has 0 fully saturated rings. The zero-order valence-corrected chi connectivity index (χ0v) is 16.4. The molecule has 140 valence electrons. The maximum Gasteiger partial charge on any atom is 0.239 e. The smallest absolute Gasteiger partial charge is 0.239 e. The van der Waals surface area contributed by atoms with Crippen molar-refractivity contribution in [2.24, 2.45) is 0 Å². The maximum atomic E-state index is 12.5. The summed E-state index contributed by atoms with van der Waals surface area (Å²) in [5.41, 5.74) is 2.38. The SMILES string of the molecule is Cc1c(C#N)c(NC(=O)CN[C@@H](C)c2ccco2)n(Cc2cccs2)c1C. The number of carbonyl (C=O) groups excluding carboxylic acids is 1. The number of hydrogen-bond acceptors (Lipinski definition) is 5. The van der Waals surface area contributed by atoms with Gasteiger partial charge in [-0.3, -0.25) is 10.1 Å². The van der Waals surface area contributed by atoms with Crippen LogP contribution >= 0.6 is 11.3 Å². The normalized spacial score (nSPS) is 11.9. The van der Waals surface area contributed by atoms with Gasteiger partial charge in [-0.25, -0.2) is 0 Å². The van der Waals surface area contributed by atoms with E-state index in [9.17, 15) is 10.1 Å². The lowest BCUT2D eigenvalue weighted by Crippen LogP contribution is -2.31. The number of amides is 1. The summed E-state index contributed by atoms with van der Waals surface area (Å²) in [6.07, 6.45) is 1.61. The second-order valence-corrected chi connectivity index (χ2v) is 7.41. The molecule has 3 aromatic rings. The first-order chi connectivity index (χ1) is 13.0. The molecule has 3 heterocycles. The second-order valence-electron chi connectivity index (χ2n) is 6.38. The topological polar surface area (TPSA) is 83.0 Å². The number of carbonyl (C=O) groups is 1. The van der Waals surface area contributed by atoms with E-state index in [1.54, 1.807) is 17.6 Å². The molecule has 0 saturated carbocycles. The van der Waals surface area contributed by atoms with Gasteiger partial charge < -0.3 is 14.3 Å². The maximum absolute atomic E-state index is 12.5. The molecule has 6 nitrogen and oxygen atoms in total. The molecular formula is C20H22N4O2S. The molecule has 7 heteroatoms. The zero-order valence-electron chi connectivity index (χ0n) is 15.6. The van der Waals surface area contributed by atoms with Crippen LogP contribution in [0.15, 0.2) is 40.3 Å². The molecule has 1 atom stereocenters. The Bertz CT molecular complexity index is 949. The first kappa shape index (κ1) is 19.0. The summed E-state index contributed by atoms with van der Waals surface area (Å²) in [7, 11) is 0. The zero-order chi connectivity index (χ0) is 19.4. The Morgan fingerprint density at radius 2 is 2.19 bits per heavy atom. The first-order valence-corrected chi connectivity index (χ1v) is 9.58. The van der Waals surface area contributed by atoms with Crippen LogP contribution in [0.2, 0.25) is 0 Å². The van der Waals surface area contributed by atoms with E-state index in [-0.39, 0.29) is 18.5 Å². The van der Waals surface area contributed by atoms with Gasteiger partial charge in [-0.1, -0.05) is 6.07 Å². The predicted molar refractivity (Wildman–Crippen MR) is 106 cm³/mol. The second kappa shape index (κ2) is 8.25. The van der Waals surface area contributed by atoms with Crippen LogP contribution in [0.1, 0.15) is 40.4 Å². The standard InChI is InChI=1S/C20H22N4O2S/c1-13-15(3)24(12-16-6-5-9-27-16)20(17(13)10-21)23-19(25)11-22-14(2)18-7-4-8-26-18/h4-9,14,22H,11-12H2,1-3H3,(H,23,25)/t14-/m0/s1. The molecule has 0 bridgehead atoms. The van der Waals surface area contributed by atoms with Gasteiger partial charge in [-0.2, -0.15) is 5.26 Å². The van der Waals surface area contributed by atoms with Crippen LogP contribution < -0.4 is 10.6 Å². The summed E-state index contributed by atoms with van der Waals surface area (Å²) in [6, 6.07) is 9.87. The minimum absolute atomic E-state index is 0.0810. The minimum atomic E-state index is -0.199. The number of nitriles is 1. The number of aromatic nitrogens is 1. The molecule has 3 rings (SSSR count). The van der Waals surface area contributed by atoms with Crippen LogP contribution in [0.5, 0.6) is 0 Å². The summed E-state index contributed by atoms with van der Waals surface area (Å²) < 4.78 is 7.33. The number of rotatable bonds is 7. The van der Waals surface area contributed by atoms with Crippen molar-refractivity contribution in [2.75, 3.05) is 11.9 Å². The minimum Gasteiger partial charge on any atom is -0.468 e. The highest BCUT2D eigenvalue weighted by Crippen LogP contribution is 2.28. The number of nitrogens with zero attached hydrogens (tertiary/aromatic N) is 2. The Morgan fingerprint density at radius 1 is 1.37 bits per heavy atom. The van der Waals surface area contributed by atoms with Crippen molar-refractivity contribution in [3.63, 3.8) is 0 Å². The van der Waals surface area contributed by atoms with Gasteiger partial charge in [0, 0.05) is 10.6 Å². The molecule has 2 N–H and O–H groups in total. The van der Waals surface area contributed by atoms with Gasteiger partial charge in [0.15, 0.2) is 0 Å². The fourth-order valence-corrected chi connectivity index (χ4v) is 3.64. The van der Waals surface area contributed by atoms with Gasteiger partial charge in [0.1, 0.15) is 17.6 Å². The molecule has 0 radical (unpaired) electrons. The molecule has 0 aromatic carbocycles. The summed E-state index contributed by atoms with van der Waals surface area (Å²) in [5.74, 6) is 1.13. The number of furan rings is 1. The Balaban J connectivity index is 1.75. The van der Waals surface area contributed by atoms with Crippen LogP contribution in [0.25, 0.3) is 0 Å². The van der Waals surface area contributed by atoms with E-state index in [0.717, 1.165) is 21.9 Å². The Hall–Kier alpha value is -2.82. The van der Waals surface area contributed by atoms with E-state index in [4.69, 9.17) is 4.42 Å². The number of anilines is 1. The predicted octanol–water partition coefficient (Wildman–Crippen LogP) is 3.97. The van der Waals surface area contributed by atoms with Gasteiger partial charge in [0.2, 0.25) is 5.91 Å². The lowest BCUT2D eigenvalue weighted by Gasteiger charge is -2.14. The lowest BCUT2D eigenvalue weighted by atomic mass is 10.2. The van der Waals surface area contributed by atoms with Gasteiger partial charge in [-0.15, -0.1) is 11.3 Å². The van der Waals surface area contributed by atoms with Crippen molar-refractivity contribution in [3.05, 3.63) is 63.4 Å². The third-order valence-electron chi connectivity index (χ3n) is 4.63. The van der Waals surface area contributed by atoms with Crippen LogP contribution in [0.4, 0.5) is 5.82 Å². The van der Waals surface area contributed by atoms with Crippen LogP contribution in [-0.4, -0.2) is 17.0 Å². The molecular weight excluding hydrogens is 360 g/mol. The third-order valence-corrected chi connectivity index (χ3v) is 5.49. The molecule has 0 spiro atoms. The molecule has 0 unspecified atom stereocenters. The van der Waals surface area contributed by atoms with E-state index in [1.165, 1.54) is 0 Å². The van der Waals surface area contributed by atoms with Gasteiger partial charge in [0.05, 0.1) is 31.0 Å². The fraction of sp³-hybridized carbons (Fsp3) is 0.300. The fourth-order valence-electron chi connectivity index (χ4n) is 2.95. The summed E-state index contributed by atoms with van der Waals surface area (Å²) in [5, 5.41) is 17.6. The van der Waals surface area contributed by atoms with Gasteiger partial charge >= 0.3 is 0 Å². The number of thiophene rings is 1. The number of hydrogen-bond donors (Lipinski definition) is 2. The first-order valence-electron chi connectivity index (χ1n) is 8.70. The van der Waals surface area contributed by atoms with E-state index in [0.29, 0.717) is 17.9 Å². The van der Waals surface area contributed by atoms with Crippen LogP contribution in [0, 0.1) is 25.2 Å². The van der Waals surface area contributed by atoms with Crippen molar-refractivity contribution in [1.29, 1.82) is 5.26 Å².